The van der Waals surface area contributed by atoms with Crippen molar-refractivity contribution in [3.05, 3.63) is 17.8 Å². The maximum absolute atomic E-state index is 5.28. The summed E-state index contributed by atoms with van der Waals surface area (Å²) in [5.74, 6) is 0.861. The SMILES string of the molecule is CCc1cnnc(NC2CCOC2)c1. The fraction of sp³-hybridized carbons (Fsp3) is 0.600. The zero-order chi connectivity index (χ0) is 9.80. The summed E-state index contributed by atoms with van der Waals surface area (Å²) in [6.07, 6.45) is 3.85. The molecule has 0 aliphatic carbocycles. The lowest BCUT2D eigenvalue weighted by Crippen LogP contribution is -2.20. The molecule has 0 radical (unpaired) electrons. The first-order valence-electron chi connectivity index (χ1n) is 5.04. The summed E-state index contributed by atoms with van der Waals surface area (Å²) in [5.41, 5.74) is 1.21. The fourth-order valence-corrected chi connectivity index (χ4v) is 1.53. The van der Waals surface area contributed by atoms with E-state index in [9.17, 15) is 0 Å². The standard InChI is InChI=1S/C10H15N3O/c1-2-8-5-10(13-11-6-8)12-9-3-4-14-7-9/h5-6,9H,2-4,7H2,1H3,(H,12,13). The molecule has 1 aliphatic rings. The van der Waals surface area contributed by atoms with Crippen molar-refractivity contribution >= 4 is 5.82 Å². The zero-order valence-electron chi connectivity index (χ0n) is 8.36. The van der Waals surface area contributed by atoms with Crippen molar-refractivity contribution in [2.75, 3.05) is 18.5 Å². The molecule has 1 unspecified atom stereocenters. The lowest BCUT2D eigenvalue weighted by molar-refractivity contribution is 0.195. The van der Waals surface area contributed by atoms with Gasteiger partial charge in [-0.05, 0) is 24.5 Å². The summed E-state index contributed by atoms with van der Waals surface area (Å²) >= 11 is 0. The Kier molecular flexibility index (Phi) is 2.93. The minimum absolute atomic E-state index is 0.399. The third kappa shape index (κ3) is 2.20. The third-order valence-corrected chi connectivity index (χ3v) is 2.40. The number of aromatic nitrogens is 2. The van der Waals surface area contributed by atoms with Crippen LogP contribution in [0.2, 0.25) is 0 Å². The van der Waals surface area contributed by atoms with Gasteiger partial charge in [-0.25, -0.2) is 0 Å². The maximum atomic E-state index is 5.28. The number of ether oxygens (including phenoxy) is 1. The van der Waals surface area contributed by atoms with Crippen LogP contribution >= 0.6 is 0 Å². The maximum Gasteiger partial charge on any atom is 0.149 e. The normalized spacial score (nSPS) is 21.1. The van der Waals surface area contributed by atoms with E-state index >= 15 is 0 Å². The molecule has 4 heteroatoms. The number of rotatable bonds is 3. The van der Waals surface area contributed by atoms with Gasteiger partial charge in [-0.1, -0.05) is 6.92 Å². The lowest BCUT2D eigenvalue weighted by atomic mass is 10.2. The van der Waals surface area contributed by atoms with E-state index in [1.807, 2.05) is 6.07 Å². The van der Waals surface area contributed by atoms with Crippen molar-refractivity contribution in [1.82, 2.24) is 10.2 Å². The second kappa shape index (κ2) is 4.37. The Balaban J connectivity index is 2.00. The van der Waals surface area contributed by atoms with Crippen LogP contribution in [0.15, 0.2) is 12.3 Å². The molecule has 1 saturated heterocycles. The van der Waals surface area contributed by atoms with E-state index in [2.05, 4.69) is 22.4 Å². The Morgan fingerprint density at radius 2 is 2.57 bits per heavy atom. The van der Waals surface area contributed by atoms with Crippen LogP contribution in [0, 0.1) is 0 Å². The summed E-state index contributed by atoms with van der Waals surface area (Å²) in [7, 11) is 0. The smallest absolute Gasteiger partial charge is 0.149 e. The summed E-state index contributed by atoms with van der Waals surface area (Å²) < 4.78 is 5.28. The molecule has 0 bridgehead atoms. The van der Waals surface area contributed by atoms with Gasteiger partial charge in [-0.15, -0.1) is 5.10 Å². The van der Waals surface area contributed by atoms with Gasteiger partial charge in [0.15, 0.2) is 0 Å². The highest BCUT2D eigenvalue weighted by Gasteiger charge is 2.15. The van der Waals surface area contributed by atoms with Gasteiger partial charge in [0.1, 0.15) is 5.82 Å². The average molecular weight is 193 g/mol. The van der Waals surface area contributed by atoms with Gasteiger partial charge < -0.3 is 10.1 Å². The molecule has 76 valence electrons. The number of aryl methyl sites for hydroxylation is 1. The lowest BCUT2D eigenvalue weighted by Gasteiger charge is -2.10. The van der Waals surface area contributed by atoms with Gasteiger partial charge >= 0.3 is 0 Å². The van der Waals surface area contributed by atoms with E-state index in [-0.39, 0.29) is 0 Å². The van der Waals surface area contributed by atoms with Crippen molar-refractivity contribution in [3.8, 4) is 0 Å². The highest BCUT2D eigenvalue weighted by atomic mass is 16.5. The molecule has 1 aliphatic heterocycles. The Labute approximate surface area is 83.7 Å². The number of nitrogens with one attached hydrogen (secondary N) is 1. The summed E-state index contributed by atoms with van der Waals surface area (Å²) in [6.45, 7) is 3.73. The number of hydrogen-bond acceptors (Lipinski definition) is 4. The monoisotopic (exact) mass is 193 g/mol. The third-order valence-electron chi connectivity index (χ3n) is 2.40. The van der Waals surface area contributed by atoms with Gasteiger partial charge in [-0.2, -0.15) is 5.10 Å². The topological polar surface area (TPSA) is 47.0 Å². The van der Waals surface area contributed by atoms with Crippen LogP contribution in [0.4, 0.5) is 5.82 Å². The minimum atomic E-state index is 0.399. The number of anilines is 1. The molecule has 2 heterocycles. The number of nitrogens with zero attached hydrogens (tertiary/aromatic N) is 2. The molecule has 1 aromatic rings. The van der Waals surface area contributed by atoms with Crippen LogP contribution in [0.1, 0.15) is 18.9 Å². The first-order valence-corrected chi connectivity index (χ1v) is 5.04. The first-order chi connectivity index (χ1) is 6.88. The summed E-state index contributed by atoms with van der Waals surface area (Å²) in [5, 5.41) is 11.3. The minimum Gasteiger partial charge on any atom is -0.379 e. The molecular formula is C10H15N3O. The van der Waals surface area contributed by atoms with E-state index in [1.54, 1.807) is 6.20 Å². The van der Waals surface area contributed by atoms with Crippen molar-refractivity contribution in [2.45, 2.75) is 25.8 Å². The van der Waals surface area contributed by atoms with Crippen LogP contribution < -0.4 is 5.32 Å². The van der Waals surface area contributed by atoms with Crippen LogP contribution in [0.25, 0.3) is 0 Å². The molecule has 1 aromatic heterocycles. The van der Waals surface area contributed by atoms with Gasteiger partial charge in [0.25, 0.3) is 0 Å². The van der Waals surface area contributed by atoms with Crippen LogP contribution in [-0.2, 0) is 11.2 Å². The molecule has 1 atom stereocenters. The van der Waals surface area contributed by atoms with E-state index in [0.717, 1.165) is 31.9 Å². The molecule has 2 rings (SSSR count). The fourth-order valence-electron chi connectivity index (χ4n) is 1.53. The van der Waals surface area contributed by atoms with Gasteiger partial charge in [0.2, 0.25) is 0 Å². The quantitative estimate of drug-likeness (QED) is 0.784. The molecule has 4 nitrogen and oxygen atoms in total. The summed E-state index contributed by atoms with van der Waals surface area (Å²) in [6, 6.07) is 2.45. The predicted molar refractivity (Wildman–Crippen MR) is 54.3 cm³/mol. The molecular weight excluding hydrogens is 178 g/mol. The van der Waals surface area contributed by atoms with Crippen molar-refractivity contribution in [3.63, 3.8) is 0 Å². The van der Waals surface area contributed by atoms with Gasteiger partial charge in [0, 0.05) is 6.61 Å². The molecule has 1 N–H and O–H groups in total. The molecule has 0 spiro atoms. The second-order valence-corrected chi connectivity index (χ2v) is 3.51. The van der Waals surface area contributed by atoms with Crippen LogP contribution in [0.5, 0.6) is 0 Å². The van der Waals surface area contributed by atoms with Crippen molar-refractivity contribution in [1.29, 1.82) is 0 Å². The first kappa shape index (κ1) is 9.40. The average Bonchev–Trinajstić information content (AvgIpc) is 2.71. The van der Waals surface area contributed by atoms with Crippen molar-refractivity contribution in [2.24, 2.45) is 0 Å². The molecule has 14 heavy (non-hydrogen) atoms. The highest BCUT2D eigenvalue weighted by molar-refractivity contribution is 5.36. The largest absolute Gasteiger partial charge is 0.379 e. The molecule has 0 amide bonds. The Hall–Kier alpha value is -1.16. The van der Waals surface area contributed by atoms with E-state index in [4.69, 9.17) is 4.74 Å². The van der Waals surface area contributed by atoms with Crippen LogP contribution in [0.3, 0.4) is 0 Å². The Morgan fingerprint density at radius 3 is 3.29 bits per heavy atom. The van der Waals surface area contributed by atoms with E-state index < -0.39 is 0 Å². The molecule has 1 fully saturated rings. The van der Waals surface area contributed by atoms with Gasteiger partial charge in [-0.3, -0.25) is 0 Å². The second-order valence-electron chi connectivity index (χ2n) is 3.51. The van der Waals surface area contributed by atoms with E-state index in [1.165, 1.54) is 5.56 Å². The Bertz CT molecular complexity index is 297. The highest BCUT2D eigenvalue weighted by Crippen LogP contribution is 2.12. The summed E-state index contributed by atoms with van der Waals surface area (Å²) in [4.78, 5) is 0. The van der Waals surface area contributed by atoms with Crippen molar-refractivity contribution < 1.29 is 4.74 Å². The van der Waals surface area contributed by atoms with Crippen LogP contribution in [-0.4, -0.2) is 29.5 Å². The molecule has 0 saturated carbocycles. The predicted octanol–water partition coefficient (Wildman–Crippen LogP) is 1.24. The number of hydrogen-bond donors (Lipinski definition) is 1. The molecule has 0 aromatic carbocycles. The van der Waals surface area contributed by atoms with Gasteiger partial charge in [0.05, 0.1) is 18.8 Å². The Morgan fingerprint density at radius 1 is 1.64 bits per heavy atom. The van der Waals surface area contributed by atoms with E-state index in [0.29, 0.717) is 6.04 Å². The zero-order valence-corrected chi connectivity index (χ0v) is 8.36.